The maximum Gasteiger partial charge on any atom is 0.416 e. The lowest BCUT2D eigenvalue weighted by Gasteiger charge is -2.32. The Labute approximate surface area is 191 Å². The van der Waals surface area contributed by atoms with Crippen molar-refractivity contribution >= 4 is 26.2 Å². The summed E-state index contributed by atoms with van der Waals surface area (Å²) in [6, 6.07) is 1.87. The largest absolute Gasteiger partial charge is 0.444 e. The van der Waals surface area contributed by atoms with Crippen molar-refractivity contribution in [3.63, 3.8) is 0 Å². The summed E-state index contributed by atoms with van der Waals surface area (Å²) < 4.78 is 99.0. The Kier molecular flexibility index (Phi) is 8.09. The highest BCUT2D eigenvalue weighted by molar-refractivity contribution is 7.89. The van der Waals surface area contributed by atoms with E-state index in [-0.39, 0.29) is 32.0 Å². The van der Waals surface area contributed by atoms with Crippen LogP contribution in [0.4, 0.5) is 18.0 Å². The molecule has 2 rings (SSSR count). The fourth-order valence-corrected chi connectivity index (χ4v) is 5.02. The molecule has 188 valence electrons. The standard InChI is InChI=1S/C19H27F3N2O7S2/c1-18(2,3)31-17(25)23-14-7-9-24(10-8-14)33(28,29)15-5-6-16(19(20,21)22)13(11-15)12-30-32(4,26)27/h5-6,11,14H,7-10,12H2,1-4H3,(H,23,25). The van der Waals surface area contributed by atoms with Gasteiger partial charge in [0, 0.05) is 19.1 Å². The molecule has 0 spiro atoms. The summed E-state index contributed by atoms with van der Waals surface area (Å²) >= 11 is 0. The van der Waals surface area contributed by atoms with Crippen LogP contribution >= 0.6 is 0 Å². The fraction of sp³-hybridized carbons (Fsp3) is 0.632. The van der Waals surface area contributed by atoms with Crippen molar-refractivity contribution in [3.8, 4) is 0 Å². The number of ether oxygens (including phenoxy) is 1. The van der Waals surface area contributed by atoms with Crippen LogP contribution in [0.15, 0.2) is 23.1 Å². The Hall–Kier alpha value is -1.90. The molecule has 1 aromatic carbocycles. The quantitative estimate of drug-likeness (QED) is 0.578. The second-order valence-corrected chi connectivity index (χ2v) is 12.2. The number of halogens is 3. The zero-order valence-corrected chi connectivity index (χ0v) is 20.2. The SMILES string of the molecule is CC(C)(C)OC(=O)NC1CCN(S(=O)(=O)c2ccc(C(F)(F)F)c(COS(C)(=O)=O)c2)CC1. The molecular formula is C19H27F3N2O7S2. The first-order valence-electron chi connectivity index (χ1n) is 9.93. The van der Waals surface area contributed by atoms with E-state index in [4.69, 9.17) is 4.74 Å². The first kappa shape index (κ1) is 27.3. The molecule has 1 saturated heterocycles. The number of rotatable bonds is 6. The highest BCUT2D eigenvalue weighted by Gasteiger charge is 2.36. The lowest BCUT2D eigenvalue weighted by atomic mass is 10.1. The molecule has 0 aromatic heterocycles. The third kappa shape index (κ3) is 8.12. The highest BCUT2D eigenvalue weighted by Crippen LogP contribution is 2.34. The maximum atomic E-state index is 13.3. The van der Waals surface area contributed by atoms with Crippen LogP contribution in [0.5, 0.6) is 0 Å². The molecule has 1 amide bonds. The number of alkyl halides is 3. The lowest BCUT2D eigenvalue weighted by Crippen LogP contribution is -2.47. The molecule has 1 N–H and O–H groups in total. The molecule has 33 heavy (non-hydrogen) atoms. The van der Waals surface area contributed by atoms with Crippen molar-refractivity contribution in [1.82, 2.24) is 9.62 Å². The van der Waals surface area contributed by atoms with Gasteiger partial charge in [-0.2, -0.15) is 25.9 Å². The molecule has 0 aliphatic carbocycles. The van der Waals surface area contributed by atoms with Gasteiger partial charge in [-0.25, -0.2) is 13.2 Å². The number of piperidine rings is 1. The average Bonchev–Trinajstić information content (AvgIpc) is 2.63. The minimum Gasteiger partial charge on any atom is -0.444 e. The number of sulfonamides is 1. The molecule has 0 unspecified atom stereocenters. The van der Waals surface area contributed by atoms with Crippen molar-refractivity contribution in [2.75, 3.05) is 19.3 Å². The summed E-state index contributed by atoms with van der Waals surface area (Å²) in [5.41, 5.74) is -2.49. The van der Waals surface area contributed by atoms with Crippen molar-refractivity contribution in [2.45, 2.75) is 62.9 Å². The summed E-state index contributed by atoms with van der Waals surface area (Å²) in [4.78, 5) is 11.5. The van der Waals surface area contributed by atoms with Crippen molar-refractivity contribution in [1.29, 1.82) is 0 Å². The van der Waals surface area contributed by atoms with Crippen LogP contribution in [0, 0.1) is 0 Å². The van der Waals surface area contributed by atoms with Crippen molar-refractivity contribution < 1.29 is 43.7 Å². The summed E-state index contributed by atoms with van der Waals surface area (Å²) in [6.45, 7) is 4.22. The number of carbonyl (C=O) groups is 1. The predicted octanol–water partition coefficient (Wildman–Crippen LogP) is 2.86. The summed E-state index contributed by atoms with van der Waals surface area (Å²) in [5.74, 6) is 0. The third-order valence-corrected chi connectivity index (χ3v) is 7.06. The number of carbonyl (C=O) groups excluding carboxylic acids is 1. The van der Waals surface area contributed by atoms with Gasteiger partial charge < -0.3 is 10.1 Å². The molecule has 1 aliphatic rings. The van der Waals surface area contributed by atoms with Gasteiger partial charge in [0.15, 0.2) is 0 Å². The molecule has 1 heterocycles. The lowest BCUT2D eigenvalue weighted by molar-refractivity contribution is -0.138. The summed E-state index contributed by atoms with van der Waals surface area (Å²) in [6.07, 6.45) is -4.21. The van der Waals surface area contributed by atoms with Crippen molar-refractivity contribution in [3.05, 3.63) is 29.3 Å². The van der Waals surface area contributed by atoms with Gasteiger partial charge in [0.05, 0.1) is 23.3 Å². The van der Waals surface area contributed by atoms with Gasteiger partial charge in [0.2, 0.25) is 10.0 Å². The van der Waals surface area contributed by atoms with Gasteiger partial charge in [0.25, 0.3) is 10.1 Å². The Balaban J connectivity index is 2.17. The maximum absolute atomic E-state index is 13.3. The van der Waals surface area contributed by atoms with E-state index in [1.807, 2.05) is 0 Å². The van der Waals surface area contributed by atoms with Crippen LogP contribution in [-0.2, 0) is 41.8 Å². The number of nitrogens with zero attached hydrogens (tertiary/aromatic N) is 1. The Morgan fingerprint density at radius 2 is 1.70 bits per heavy atom. The summed E-state index contributed by atoms with van der Waals surface area (Å²) in [5, 5.41) is 2.67. The zero-order chi connectivity index (χ0) is 25.2. The van der Waals surface area contributed by atoms with Gasteiger partial charge in [-0.15, -0.1) is 0 Å². The molecule has 9 nitrogen and oxygen atoms in total. The summed E-state index contributed by atoms with van der Waals surface area (Å²) in [7, 11) is -8.22. The minimum atomic E-state index is -4.83. The Morgan fingerprint density at radius 1 is 1.12 bits per heavy atom. The third-order valence-electron chi connectivity index (χ3n) is 4.62. The normalized spacial score (nSPS) is 17.1. The highest BCUT2D eigenvalue weighted by atomic mass is 32.2. The molecule has 0 atom stereocenters. The molecule has 0 radical (unpaired) electrons. The molecule has 14 heteroatoms. The van der Waals surface area contributed by atoms with Crippen molar-refractivity contribution in [2.24, 2.45) is 0 Å². The van der Waals surface area contributed by atoms with Gasteiger partial charge in [-0.05, 0) is 57.4 Å². The molecule has 1 aliphatic heterocycles. The number of alkyl carbamates (subject to hydrolysis) is 1. The fourth-order valence-electron chi connectivity index (χ4n) is 3.16. The van der Waals surface area contributed by atoms with E-state index in [1.165, 1.54) is 0 Å². The van der Waals surface area contributed by atoms with Crippen LogP contribution in [-0.4, -0.2) is 58.2 Å². The monoisotopic (exact) mass is 516 g/mol. The van der Waals surface area contributed by atoms with Crippen LogP contribution in [0.3, 0.4) is 0 Å². The molecule has 0 saturated carbocycles. The first-order valence-corrected chi connectivity index (χ1v) is 13.2. The van der Waals surface area contributed by atoms with Crippen LogP contribution in [0.25, 0.3) is 0 Å². The Bertz CT molecular complexity index is 1070. The Morgan fingerprint density at radius 3 is 2.18 bits per heavy atom. The van der Waals surface area contributed by atoms with E-state index < -0.39 is 60.6 Å². The van der Waals surface area contributed by atoms with E-state index in [1.54, 1.807) is 20.8 Å². The number of benzene rings is 1. The predicted molar refractivity (Wildman–Crippen MR) is 112 cm³/mol. The smallest absolute Gasteiger partial charge is 0.416 e. The number of nitrogens with one attached hydrogen (secondary N) is 1. The number of amides is 1. The second kappa shape index (κ2) is 9.76. The molecule has 1 fully saturated rings. The van der Waals surface area contributed by atoms with Crippen LogP contribution in [0.2, 0.25) is 0 Å². The van der Waals surface area contributed by atoms with Crippen LogP contribution in [0.1, 0.15) is 44.7 Å². The van der Waals surface area contributed by atoms with E-state index in [2.05, 4.69) is 9.50 Å². The number of hydrogen-bond acceptors (Lipinski definition) is 7. The van der Waals surface area contributed by atoms with E-state index in [9.17, 15) is 34.8 Å². The van der Waals surface area contributed by atoms with Gasteiger partial charge in [0.1, 0.15) is 5.60 Å². The zero-order valence-electron chi connectivity index (χ0n) is 18.6. The molecule has 0 bridgehead atoms. The molecule has 1 aromatic rings. The van der Waals surface area contributed by atoms with Gasteiger partial charge >= 0.3 is 12.3 Å². The van der Waals surface area contributed by atoms with E-state index in [0.29, 0.717) is 12.3 Å². The minimum absolute atomic E-state index is 0.0268. The van der Waals surface area contributed by atoms with Gasteiger partial charge in [-0.3, -0.25) is 4.18 Å². The average molecular weight is 517 g/mol. The van der Waals surface area contributed by atoms with Crippen LogP contribution < -0.4 is 5.32 Å². The second-order valence-electron chi connectivity index (χ2n) is 8.61. The van der Waals surface area contributed by atoms with Gasteiger partial charge in [-0.1, -0.05) is 0 Å². The molecular weight excluding hydrogens is 489 g/mol. The first-order chi connectivity index (χ1) is 14.9. The van der Waals surface area contributed by atoms with E-state index >= 15 is 0 Å². The topological polar surface area (TPSA) is 119 Å². The van der Waals surface area contributed by atoms with E-state index in [0.717, 1.165) is 16.4 Å². The number of hydrogen-bond donors (Lipinski definition) is 1.